The lowest BCUT2D eigenvalue weighted by Gasteiger charge is -2.12. The van der Waals surface area contributed by atoms with Gasteiger partial charge in [0, 0.05) is 23.7 Å². The third kappa shape index (κ3) is 3.45. The molecule has 2 aromatic heterocycles. The number of benzene rings is 1. The van der Waals surface area contributed by atoms with Crippen LogP contribution in [0.3, 0.4) is 0 Å². The van der Waals surface area contributed by atoms with Crippen molar-refractivity contribution in [2.75, 3.05) is 19.5 Å². The van der Waals surface area contributed by atoms with Crippen molar-refractivity contribution in [3.63, 3.8) is 0 Å². The Morgan fingerprint density at radius 1 is 1.16 bits per heavy atom. The van der Waals surface area contributed by atoms with Crippen molar-refractivity contribution in [3.05, 3.63) is 48.3 Å². The fourth-order valence-corrected chi connectivity index (χ4v) is 2.34. The lowest BCUT2D eigenvalue weighted by atomic mass is 10.1. The van der Waals surface area contributed by atoms with Crippen LogP contribution in [0.1, 0.15) is 17.3 Å². The molecular formula is C18H17N3O4. The molecule has 0 bridgehead atoms. The molecule has 0 fully saturated rings. The number of carbonyl (C=O) groups excluding carboxylic acids is 1. The zero-order valence-electron chi connectivity index (χ0n) is 13.9. The first-order valence-electron chi connectivity index (χ1n) is 7.65. The standard InChI is InChI=1S/C18H17N3O4/c1-3-24-18(22)13-8-12-14(9-16(13)23-2)20-7-6-15(12)25-17-5-4-11(19)10-21-17/h4-10H,3,19H2,1-2H3. The van der Waals surface area contributed by atoms with Crippen molar-refractivity contribution in [1.82, 2.24) is 9.97 Å². The minimum atomic E-state index is -0.471. The van der Waals surface area contributed by atoms with Gasteiger partial charge in [0.05, 0.1) is 31.1 Å². The Morgan fingerprint density at radius 2 is 2.00 bits per heavy atom. The normalized spacial score (nSPS) is 10.5. The number of esters is 1. The first kappa shape index (κ1) is 16.5. The van der Waals surface area contributed by atoms with E-state index in [4.69, 9.17) is 19.9 Å². The molecule has 3 aromatic rings. The second-order valence-electron chi connectivity index (χ2n) is 5.13. The molecular weight excluding hydrogens is 322 g/mol. The van der Waals surface area contributed by atoms with Gasteiger partial charge in [-0.15, -0.1) is 0 Å². The van der Waals surface area contributed by atoms with Gasteiger partial charge in [-0.3, -0.25) is 4.98 Å². The third-order valence-electron chi connectivity index (χ3n) is 3.49. The van der Waals surface area contributed by atoms with Crippen molar-refractivity contribution in [2.45, 2.75) is 6.92 Å². The molecule has 3 rings (SSSR count). The van der Waals surface area contributed by atoms with E-state index in [9.17, 15) is 4.79 Å². The van der Waals surface area contributed by atoms with E-state index in [1.165, 1.54) is 13.3 Å². The van der Waals surface area contributed by atoms with Crippen molar-refractivity contribution in [2.24, 2.45) is 0 Å². The van der Waals surface area contributed by atoms with Gasteiger partial charge in [-0.1, -0.05) is 0 Å². The molecule has 1 aromatic carbocycles. The summed E-state index contributed by atoms with van der Waals surface area (Å²) in [5, 5.41) is 0.643. The SMILES string of the molecule is CCOC(=O)c1cc2c(Oc3ccc(N)cn3)ccnc2cc1OC. The van der Waals surface area contributed by atoms with Crippen LogP contribution in [0, 0.1) is 0 Å². The lowest BCUT2D eigenvalue weighted by Crippen LogP contribution is -2.07. The maximum Gasteiger partial charge on any atom is 0.341 e. The summed E-state index contributed by atoms with van der Waals surface area (Å²) in [4.78, 5) is 20.6. The Bertz CT molecular complexity index is 910. The number of rotatable bonds is 5. The number of methoxy groups -OCH3 is 1. The molecule has 0 atom stereocenters. The first-order chi connectivity index (χ1) is 12.1. The van der Waals surface area contributed by atoms with Crippen LogP contribution in [0.2, 0.25) is 0 Å². The monoisotopic (exact) mass is 339 g/mol. The molecule has 0 saturated heterocycles. The number of anilines is 1. The maximum atomic E-state index is 12.2. The van der Waals surface area contributed by atoms with Gasteiger partial charge in [-0.25, -0.2) is 9.78 Å². The molecule has 25 heavy (non-hydrogen) atoms. The average Bonchev–Trinajstić information content (AvgIpc) is 2.63. The molecule has 7 heteroatoms. The number of hydrogen-bond acceptors (Lipinski definition) is 7. The fraction of sp³-hybridized carbons (Fsp3) is 0.167. The van der Waals surface area contributed by atoms with E-state index >= 15 is 0 Å². The smallest absolute Gasteiger partial charge is 0.341 e. The molecule has 0 radical (unpaired) electrons. The van der Waals surface area contributed by atoms with Crippen LogP contribution in [0.25, 0.3) is 10.9 Å². The number of fused-ring (bicyclic) bond motifs is 1. The Labute approximate surface area is 144 Å². The largest absolute Gasteiger partial charge is 0.496 e. The number of hydrogen-bond donors (Lipinski definition) is 1. The number of nitrogens with zero attached hydrogens (tertiary/aromatic N) is 2. The molecule has 0 unspecified atom stereocenters. The number of nitrogens with two attached hydrogens (primary N) is 1. The van der Waals surface area contributed by atoms with Gasteiger partial charge in [0.25, 0.3) is 0 Å². The van der Waals surface area contributed by atoms with Gasteiger partial charge in [0.1, 0.15) is 17.1 Å². The summed E-state index contributed by atoms with van der Waals surface area (Å²) in [6.45, 7) is 2.01. The molecule has 0 aliphatic carbocycles. The summed E-state index contributed by atoms with van der Waals surface area (Å²) in [7, 11) is 1.49. The van der Waals surface area contributed by atoms with Gasteiger partial charge in [-0.05, 0) is 25.1 Å². The molecule has 0 saturated carbocycles. The predicted octanol–water partition coefficient (Wildman–Crippen LogP) is 3.19. The Kier molecular flexibility index (Phi) is 4.65. The topological polar surface area (TPSA) is 96.6 Å². The van der Waals surface area contributed by atoms with E-state index in [1.54, 1.807) is 43.5 Å². The zero-order chi connectivity index (χ0) is 17.8. The number of aromatic nitrogens is 2. The van der Waals surface area contributed by atoms with Gasteiger partial charge >= 0.3 is 5.97 Å². The minimum Gasteiger partial charge on any atom is -0.496 e. The number of carbonyl (C=O) groups is 1. The highest BCUT2D eigenvalue weighted by Crippen LogP contribution is 2.33. The Morgan fingerprint density at radius 3 is 2.68 bits per heavy atom. The zero-order valence-corrected chi connectivity index (χ0v) is 13.9. The van der Waals surface area contributed by atoms with Crippen LogP contribution in [-0.2, 0) is 4.74 Å². The highest BCUT2D eigenvalue weighted by atomic mass is 16.5. The van der Waals surface area contributed by atoms with Crippen LogP contribution in [-0.4, -0.2) is 29.7 Å². The second-order valence-corrected chi connectivity index (χ2v) is 5.13. The average molecular weight is 339 g/mol. The van der Waals surface area contributed by atoms with Crippen LogP contribution in [0.4, 0.5) is 5.69 Å². The minimum absolute atomic E-state index is 0.270. The summed E-state index contributed by atoms with van der Waals surface area (Å²) in [5.74, 6) is 0.813. The molecule has 0 spiro atoms. The third-order valence-corrected chi connectivity index (χ3v) is 3.49. The highest BCUT2D eigenvalue weighted by Gasteiger charge is 2.17. The number of nitrogen functional groups attached to an aromatic ring is 1. The Balaban J connectivity index is 2.08. The number of ether oxygens (including phenoxy) is 3. The van der Waals surface area contributed by atoms with Crippen molar-refractivity contribution < 1.29 is 19.0 Å². The summed E-state index contributed by atoms with van der Waals surface area (Å²) in [6.07, 6.45) is 3.12. The summed E-state index contributed by atoms with van der Waals surface area (Å²) >= 11 is 0. The van der Waals surface area contributed by atoms with Crippen molar-refractivity contribution in [1.29, 1.82) is 0 Å². The highest BCUT2D eigenvalue weighted by molar-refractivity contribution is 5.99. The number of pyridine rings is 2. The molecule has 0 aliphatic heterocycles. The van der Waals surface area contributed by atoms with Gasteiger partial charge in [-0.2, -0.15) is 0 Å². The van der Waals surface area contributed by atoms with E-state index < -0.39 is 5.97 Å². The van der Waals surface area contributed by atoms with E-state index in [0.717, 1.165) is 0 Å². The van der Waals surface area contributed by atoms with Crippen LogP contribution >= 0.6 is 0 Å². The van der Waals surface area contributed by atoms with E-state index in [1.807, 2.05) is 0 Å². The molecule has 7 nitrogen and oxygen atoms in total. The van der Waals surface area contributed by atoms with E-state index in [0.29, 0.717) is 39.5 Å². The lowest BCUT2D eigenvalue weighted by molar-refractivity contribution is 0.0523. The maximum absolute atomic E-state index is 12.2. The summed E-state index contributed by atoms with van der Waals surface area (Å²) < 4.78 is 16.2. The Hall–Kier alpha value is -3.35. The molecule has 0 amide bonds. The molecule has 2 heterocycles. The van der Waals surface area contributed by atoms with Crippen molar-refractivity contribution in [3.8, 4) is 17.4 Å². The second kappa shape index (κ2) is 7.04. The molecule has 0 aliphatic rings. The quantitative estimate of drug-likeness (QED) is 0.713. The summed E-state index contributed by atoms with van der Waals surface area (Å²) in [5.41, 5.74) is 7.10. The van der Waals surface area contributed by atoms with Crippen LogP contribution in [0.5, 0.6) is 17.4 Å². The van der Waals surface area contributed by atoms with Gasteiger partial charge in [0.15, 0.2) is 0 Å². The van der Waals surface area contributed by atoms with E-state index in [2.05, 4.69) is 9.97 Å². The molecule has 128 valence electrons. The fourth-order valence-electron chi connectivity index (χ4n) is 2.34. The van der Waals surface area contributed by atoms with Crippen LogP contribution in [0.15, 0.2) is 42.7 Å². The molecule has 2 N–H and O–H groups in total. The van der Waals surface area contributed by atoms with Gasteiger partial charge < -0.3 is 19.9 Å². The van der Waals surface area contributed by atoms with Crippen molar-refractivity contribution >= 4 is 22.6 Å². The predicted molar refractivity (Wildman–Crippen MR) is 93.0 cm³/mol. The first-order valence-corrected chi connectivity index (χ1v) is 7.65. The van der Waals surface area contributed by atoms with Crippen LogP contribution < -0.4 is 15.2 Å². The van der Waals surface area contributed by atoms with E-state index in [-0.39, 0.29) is 6.61 Å². The van der Waals surface area contributed by atoms with Gasteiger partial charge in [0.2, 0.25) is 5.88 Å². The summed E-state index contributed by atoms with van der Waals surface area (Å²) in [6, 6.07) is 8.37.